The van der Waals surface area contributed by atoms with E-state index >= 15 is 0 Å². The Bertz CT molecular complexity index is 106. The molecule has 3 nitrogen and oxygen atoms in total. The van der Waals surface area contributed by atoms with Crippen molar-refractivity contribution in [2.45, 2.75) is 19.4 Å². The Hall–Kier alpha value is -0.120. The highest BCUT2D eigenvalue weighted by molar-refractivity contribution is 4.87. The fourth-order valence-electron chi connectivity index (χ4n) is 1.33. The van der Waals surface area contributed by atoms with Gasteiger partial charge in [-0.25, -0.2) is 0 Å². The van der Waals surface area contributed by atoms with Crippen molar-refractivity contribution >= 4 is 0 Å². The van der Waals surface area contributed by atoms with Gasteiger partial charge < -0.3 is 11.1 Å². The zero-order chi connectivity index (χ0) is 8.10. The third kappa shape index (κ3) is 3.18. The largest absolute Gasteiger partial charge is 0.329 e. The second kappa shape index (κ2) is 4.70. The number of nitrogens with two attached hydrogens (primary N) is 1. The molecule has 1 fully saturated rings. The molecule has 3 heteroatoms. The van der Waals surface area contributed by atoms with Crippen molar-refractivity contribution in [3.8, 4) is 0 Å². The first-order valence-corrected chi connectivity index (χ1v) is 4.53. The Kier molecular flexibility index (Phi) is 3.83. The summed E-state index contributed by atoms with van der Waals surface area (Å²) < 4.78 is 0. The fraction of sp³-hybridized carbons (Fsp3) is 1.00. The van der Waals surface area contributed by atoms with Crippen LogP contribution >= 0.6 is 0 Å². The monoisotopic (exact) mass is 157 g/mol. The molecule has 0 aromatic rings. The van der Waals surface area contributed by atoms with Gasteiger partial charge in [-0.15, -0.1) is 0 Å². The summed E-state index contributed by atoms with van der Waals surface area (Å²) in [4.78, 5) is 2.49. The summed E-state index contributed by atoms with van der Waals surface area (Å²) in [5, 5.41) is 3.28. The van der Waals surface area contributed by atoms with Gasteiger partial charge in [-0.2, -0.15) is 0 Å². The molecule has 0 bridgehead atoms. The van der Waals surface area contributed by atoms with Crippen molar-refractivity contribution in [3.63, 3.8) is 0 Å². The van der Waals surface area contributed by atoms with E-state index in [9.17, 15) is 0 Å². The smallest absolute Gasteiger partial charge is 0.0221 e. The van der Waals surface area contributed by atoms with Gasteiger partial charge in [0.1, 0.15) is 0 Å². The summed E-state index contributed by atoms with van der Waals surface area (Å²) in [5.74, 6) is 0. The minimum absolute atomic E-state index is 0.747. The average Bonchev–Trinajstić information content (AvgIpc) is 2.77. The highest BCUT2D eigenvalue weighted by Gasteiger charge is 2.30. The molecular formula is C8H19N3. The number of nitrogens with one attached hydrogen (secondary N) is 1. The van der Waals surface area contributed by atoms with E-state index in [1.165, 1.54) is 19.5 Å². The van der Waals surface area contributed by atoms with E-state index in [4.69, 9.17) is 5.73 Å². The van der Waals surface area contributed by atoms with Crippen LogP contribution in [0.15, 0.2) is 0 Å². The second-order valence-corrected chi connectivity index (χ2v) is 3.10. The predicted molar refractivity (Wildman–Crippen MR) is 47.6 cm³/mol. The molecular weight excluding hydrogens is 138 g/mol. The van der Waals surface area contributed by atoms with Crippen molar-refractivity contribution in [2.24, 2.45) is 5.73 Å². The molecule has 0 aromatic carbocycles. The highest BCUT2D eigenvalue weighted by Crippen LogP contribution is 2.18. The van der Waals surface area contributed by atoms with Gasteiger partial charge in [-0.05, 0) is 6.42 Å². The third-order valence-electron chi connectivity index (χ3n) is 2.20. The molecule has 2 unspecified atom stereocenters. The van der Waals surface area contributed by atoms with Gasteiger partial charge in [0, 0.05) is 38.8 Å². The standard InChI is InChI=1S/C8H19N3/c1-2-8-7-11(8)6-5-10-4-3-9/h8,10H,2-7,9H2,1H3. The molecule has 0 amide bonds. The molecule has 11 heavy (non-hydrogen) atoms. The number of nitrogens with zero attached hydrogens (tertiary/aromatic N) is 1. The molecule has 0 aromatic heterocycles. The van der Waals surface area contributed by atoms with Crippen molar-refractivity contribution in [3.05, 3.63) is 0 Å². The van der Waals surface area contributed by atoms with Crippen LogP contribution in [0, 0.1) is 0 Å². The Morgan fingerprint density at radius 1 is 1.55 bits per heavy atom. The summed E-state index contributed by atoms with van der Waals surface area (Å²) in [6, 6.07) is 0.884. The summed E-state index contributed by atoms with van der Waals surface area (Å²) >= 11 is 0. The first-order valence-electron chi connectivity index (χ1n) is 4.53. The summed E-state index contributed by atoms with van der Waals surface area (Å²) in [5.41, 5.74) is 5.34. The lowest BCUT2D eigenvalue weighted by molar-refractivity contribution is 0.480. The van der Waals surface area contributed by atoms with E-state index in [0.717, 1.165) is 25.7 Å². The van der Waals surface area contributed by atoms with Crippen molar-refractivity contribution < 1.29 is 0 Å². The van der Waals surface area contributed by atoms with Gasteiger partial charge in [0.2, 0.25) is 0 Å². The molecule has 1 heterocycles. The van der Waals surface area contributed by atoms with Crippen LogP contribution in [0.3, 0.4) is 0 Å². The summed E-state index contributed by atoms with van der Waals surface area (Å²) in [7, 11) is 0. The van der Waals surface area contributed by atoms with E-state index in [0.29, 0.717) is 0 Å². The number of hydrogen-bond acceptors (Lipinski definition) is 3. The Morgan fingerprint density at radius 2 is 2.36 bits per heavy atom. The fourth-order valence-corrected chi connectivity index (χ4v) is 1.33. The lowest BCUT2D eigenvalue weighted by Gasteiger charge is -2.03. The van der Waals surface area contributed by atoms with Crippen molar-refractivity contribution in [2.75, 3.05) is 32.7 Å². The maximum absolute atomic E-state index is 5.34. The first kappa shape index (κ1) is 8.97. The first-order chi connectivity index (χ1) is 5.38. The van der Waals surface area contributed by atoms with Crippen LogP contribution in [-0.4, -0.2) is 43.7 Å². The Balaban J connectivity index is 1.82. The van der Waals surface area contributed by atoms with Crippen LogP contribution in [-0.2, 0) is 0 Å². The molecule has 1 saturated heterocycles. The van der Waals surface area contributed by atoms with Crippen LogP contribution in [0.1, 0.15) is 13.3 Å². The molecule has 1 aliphatic heterocycles. The highest BCUT2D eigenvalue weighted by atomic mass is 15.3. The average molecular weight is 157 g/mol. The maximum atomic E-state index is 5.34. The molecule has 66 valence electrons. The minimum Gasteiger partial charge on any atom is -0.329 e. The molecule has 0 saturated carbocycles. The number of rotatable bonds is 6. The van der Waals surface area contributed by atoms with Gasteiger partial charge in [0.05, 0.1) is 0 Å². The zero-order valence-corrected chi connectivity index (χ0v) is 7.34. The second-order valence-electron chi connectivity index (χ2n) is 3.10. The van der Waals surface area contributed by atoms with Crippen LogP contribution in [0.4, 0.5) is 0 Å². The zero-order valence-electron chi connectivity index (χ0n) is 7.34. The van der Waals surface area contributed by atoms with Crippen LogP contribution in [0.25, 0.3) is 0 Å². The van der Waals surface area contributed by atoms with Gasteiger partial charge in [0.15, 0.2) is 0 Å². The van der Waals surface area contributed by atoms with Gasteiger partial charge in [-0.3, -0.25) is 4.90 Å². The summed E-state index contributed by atoms with van der Waals surface area (Å²) in [6.07, 6.45) is 1.30. The van der Waals surface area contributed by atoms with E-state index < -0.39 is 0 Å². The quantitative estimate of drug-likeness (QED) is 0.408. The minimum atomic E-state index is 0.747. The van der Waals surface area contributed by atoms with E-state index in [1.807, 2.05) is 0 Å². The lowest BCUT2D eigenvalue weighted by atomic mass is 10.4. The van der Waals surface area contributed by atoms with E-state index in [-0.39, 0.29) is 0 Å². The Labute approximate surface area is 68.9 Å². The SMILES string of the molecule is CCC1CN1CCNCCN. The summed E-state index contributed by atoms with van der Waals surface area (Å²) in [6.45, 7) is 7.53. The topological polar surface area (TPSA) is 41.1 Å². The predicted octanol–water partition coefficient (Wildman–Crippen LogP) is -0.371. The third-order valence-corrected chi connectivity index (χ3v) is 2.20. The van der Waals surface area contributed by atoms with Crippen molar-refractivity contribution in [1.82, 2.24) is 10.2 Å². The Morgan fingerprint density at radius 3 is 2.91 bits per heavy atom. The molecule has 0 spiro atoms. The van der Waals surface area contributed by atoms with E-state index in [1.54, 1.807) is 0 Å². The van der Waals surface area contributed by atoms with Crippen LogP contribution in [0.5, 0.6) is 0 Å². The normalized spacial score (nSPS) is 28.9. The van der Waals surface area contributed by atoms with Crippen molar-refractivity contribution in [1.29, 1.82) is 0 Å². The van der Waals surface area contributed by atoms with Gasteiger partial charge >= 0.3 is 0 Å². The molecule has 1 rings (SSSR count). The van der Waals surface area contributed by atoms with Gasteiger partial charge in [-0.1, -0.05) is 6.92 Å². The molecule has 3 N–H and O–H groups in total. The maximum Gasteiger partial charge on any atom is 0.0221 e. The van der Waals surface area contributed by atoms with Crippen LogP contribution in [0.2, 0.25) is 0 Å². The molecule has 0 aliphatic carbocycles. The molecule has 0 radical (unpaired) electrons. The molecule has 1 aliphatic rings. The lowest BCUT2D eigenvalue weighted by Crippen LogP contribution is -2.27. The number of hydrogen-bond donors (Lipinski definition) is 2. The molecule has 2 atom stereocenters. The van der Waals surface area contributed by atoms with E-state index in [2.05, 4.69) is 17.1 Å². The van der Waals surface area contributed by atoms with Crippen LogP contribution < -0.4 is 11.1 Å². The van der Waals surface area contributed by atoms with Gasteiger partial charge in [0.25, 0.3) is 0 Å².